The van der Waals surface area contributed by atoms with Gasteiger partial charge in [-0.1, -0.05) is 6.42 Å². The minimum absolute atomic E-state index is 0. The van der Waals surface area contributed by atoms with Crippen LogP contribution in [0.5, 0.6) is 0 Å². The second kappa shape index (κ2) is 10.7. The molecule has 1 aliphatic heterocycles. The third kappa shape index (κ3) is 7.31. The van der Waals surface area contributed by atoms with Crippen LogP contribution in [0, 0.1) is 6.42 Å². The van der Waals surface area contributed by atoms with E-state index in [4.69, 9.17) is 4.74 Å². The summed E-state index contributed by atoms with van der Waals surface area (Å²) in [4.78, 5) is 35.1. The molecular formula is C12H20N2O4Sr. The van der Waals surface area contributed by atoms with Crippen molar-refractivity contribution in [2.24, 2.45) is 0 Å². The molecule has 0 aromatic heterocycles. The van der Waals surface area contributed by atoms with Crippen LogP contribution in [0.15, 0.2) is 0 Å². The molecule has 6 nitrogen and oxygen atoms in total. The fourth-order valence-corrected chi connectivity index (χ4v) is 1.65. The van der Waals surface area contributed by atoms with Crippen molar-refractivity contribution in [1.82, 2.24) is 10.2 Å². The van der Waals surface area contributed by atoms with Crippen LogP contribution in [0.25, 0.3) is 0 Å². The van der Waals surface area contributed by atoms with Gasteiger partial charge in [-0.05, 0) is 12.8 Å². The van der Waals surface area contributed by atoms with Gasteiger partial charge in [0, 0.05) is 33.2 Å². The second-order valence-corrected chi connectivity index (χ2v) is 4.09. The average Bonchev–Trinajstić information content (AvgIpc) is 2.66. The number of nitrogens with zero attached hydrogens (tertiary/aromatic N) is 1. The van der Waals surface area contributed by atoms with E-state index in [2.05, 4.69) is 5.32 Å². The molecule has 0 saturated carbocycles. The number of carbonyl (C=O) groups is 3. The zero-order valence-electron chi connectivity index (χ0n) is 12.3. The minimum atomic E-state index is -0.298. The van der Waals surface area contributed by atoms with Crippen molar-refractivity contribution in [2.45, 2.75) is 25.7 Å². The standard InChI is InChI=1S/C12H19N2O4.Sr.H/c1-18-9-3-2-7-13-10(15)6-8-14-11(16)4-5-12(14)17;;/h4H,2-3,5-9H2,1H3,(H,13,15);;/q-1;+2;-1. The number of methoxy groups -OCH3 is 1. The third-order valence-electron chi connectivity index (χ3n) is 2.68. The van der Waals surface area contributed by atoms with E-state index in [0.717, 1.165) is 17.7 Å². The van der Waals surface area contributed by atoms with E-state index < -0.39 is 0 Å². The van der Waals surface area contributed by atoms with Crippen LogP contribution in [-0.4, -0.2) is 94.9 Å². The molecule has 0 bridgehead atoms. The Hall–Kier alpha value is -0.0795. The van der Waals surface area contributed by atoms with Gasteiger partial charge in [-0.3, -0.25) is 16.0 Å². The maximum Gasteiger partial charge on any atom is 2.00 e. The van der Waals surface area contributed by atoms with Gasteiger partial charge in [0.05, 0.1) is 5.91 Å². The van der Waals surface area contributed by atoms with Gasteiger partial charge in [0.15, 0.2) is 5.91 Å². The van der Waals surface area contributed by atoms with Crippen LogP contribution in [0.1, 0.15) is 27.1 Å². The Morgan fingerprint density at radius 2 is 2.21 bits per heavy atom. The maximum atomic E-state index is 11.4. The summed E-state index contributed by atoms with van der Waals surface area (Å²) in [5.74, 6) is -0.666. The summed E-state index contributed by atoms with van der Waals surface area (Å²) in [5, 5.41) is 2.74. The summed E-state index contributed by atoms with van der Waals surface area (Å²) in [6.07, 6.45) is 3.40. The van der Waals surface area contributed by atoms with Gasteiger partial charge in [-0.2, -0.15) is 0 Å². The van der Waals surface area contributed by atoms with Crippen LogP contribution in [-0.2, 0) is 19.1 Å². The molecule has 0 aliphatic carbocycles. The van der Waals surface area contributed by atoms with Gasteiger partial charge in [-0.25, -0.2) is 0 Å². The molecule has 1 rings (SSSR count). The predicted octanol–water partition coefficient (Wildman–Crippen LogP) is -0.386. The first-order valence-corrected chi connectivity index (χ1v) is 6.08. The van der Waals surface area contributed by atoms with Crippen LogP contribution < -0.4 is 5.32 Å². The zero-order valence-corrected chi connectivity index (χ0v) is 14.8. The first-order valence-electron chi connectivity index (χ1n) is 6.08. The van der Waals surface area contributed by atoms with Gasteiger partial charge in [0.2, 0.25) is 5.91 Å². The number of likely N-dealkylation sites (tertiary alicyclic amines) is 1. The quantitative estimate of drug-likeness (QED) is 0.282. The maximum absolute atomic E-state index is 11.4. The van der Waals surface area contributed by atoms with Gasteiger partial charge >= 0.3 is 45.5 Å². The van der Waals surface area contributed by atoms with Gasteiger partial charge in [0.1, 0.15) is 0 Å². The van der Waals surface area contributed by atoms with E-state index in [0.29, 0.717) is 13.2 Å². The van der Waals surface area contributed by atoms with Crippen LogP contribution in [0.4, 0.5) is 0 Å². The number of hydrogen-bond acceptors (Lipinski definition) is 4. The van der Waals surface area contributed by atoms with E-state index in [1.807, 2.05) is 0 Å². The van der Waals surface area contributed by atoms with Gasteiger partial charge in [0.25, 0.3) is 0 Å². The molecule has 0 aromatic carbocycles. The van der Waals surface area contributed by atoms with Crippen LogP contribution in [0.3, 0.4) is 0 Å². The average molecular weight is 344 g/mol. The SMILES string of the molecule is COCCCCNC(=O)CCN1C(=O)[CH-]CC1=O.[H-].[Sr+2]. The number of carbonyl (C=O) groups excluding carboxylic acids is 3. The number of rotatable bonds is 8. The van der Waals surface area contributed by atoms with Crippen molar-refractivity contribution in [1.29, 1.82) is 0 Å². The van der Waals surface area contributed by atoms with Crippen molar-refractivity contribution in [3.05, 3.63) is 6.42 Å². The van der Waals surface area contributed by atoms with Gasteiger partial charge in [-0.15, -0.1) is 0 Å². The Bertz CT molecular complexity index is 313. The van der Waals surface area contributed by atoms with E-state index in [-0.39, 0.29) is 84.0 Å². The first-order chi connectivity index (χ1) is 8.65. The Morgan fingerprint density at radius 1 is 1.47 bits per heavy atom. The fourth-order valence-electron chi connectivity index (χ4n) is 1.65. The van der Waals surface area contributed by atoms with E-state index in [9.17, 15) is 14.4 Å². The molecule has 3 amide bonds. The molecule has 104 valence electrons. The molecule has 1 saturated heterocycles. The molecular weight excluding hydrogens is 324 g/mol. The monoisotopic (exact) mass is 344 g/mol. The molecule has 1 N–H and O–H groups in total. The normalized spacial score (nSPS) is 14.1. The van der Waals surface area contributed by atoms with Crippen LogP contribution >= 0.6 is 0 Å². The van der Waals surface area contributed by atoms with Crippen molar-refractivity contribution in [3.8, 4) is 0 Å². The van der Waals surface area contributed by atoms with Gasteiger partial charge < -0.3 is 21.2 Å². The second-order valence-electron chi connectivity index (χ2n) is 4.09. The number of unbranched alkanes of at least 4 members (excludes halogenated alkanes) is 1. The fraction of sp³-hybridized carbons (Fsp3) is 0.667. The first kappa shape index (κ1) is 18.9. The molecule has 1 aliphatic rings. The number of imide groups is 1. The molecule has 0 spiro atoms. The number of nitrogens with one attached hydrogen (secondary N) is 1. The van der Waals surface area contributed by atoms with Crippen molar-refractivity contribution >= 4 is 63.2 Å². The minimum Gasteiger partial charge on any atom is -1.00 e. The Kier molecular flexibility index (Phi) is 10.6. The summed E-state index contributed by atoms with van der Waals surface area (Å²) in [6, 6.07) is 0. The number of amides is 3. The third-order valence-corrected chi connectivity index (χ3v) is 2.68. The van der Waals surface area contributed by atoms with Crippen LogP contribution in [0.2, 0.25) is 0 Å². The Balaban J connectivity index is 0. The molecule has 0 unspecified atom stereocenters. The van der Waals surface area contributed by atoms with Crippen molar-refractivity contribution < 1.29 is 20.5 Å². The molecule has 7 heteroatoms. The summed E-state index contributed by atoms with van der Waals surface area (Å²) >= 11 is 0. The number of ether oxygens (including phenoxy) is 1. The van der Waals surface area contributed by atoms with Crippen molar-refractivity contribution in [2.75, 3.05) is 26.8 Å². The molecule has 0 aromatic rings. The summed E-state index contributed by atoms with van der Waals surface area (Å²) in [6.45, 7) is 1.44. The van der Waals surface area contributed by atoms with Crippen molar-refractivity contribution in [3.63, 3.8) is 0 Å². The smallest absolute Gasteiger partial charge is 1.00 e. The summed E-state index contributed by atoms with van der Waals surface area (Å²) in [5.41, 5.74) is 0. The topological polar surface area (TPSA) is 75.7 Å². The molecule has 1 fully saturated rings. The molecule has 1 heterocycles. The Labute approximate surface area is 152 Å². The largest absolute Gasteiger partial charge is 2.00 e. The number of hydrogen-bond donors (Lipinski definition) is 1. The zero-order chi connectivity index (χ0) is 13.4. The summed E-state index contributed by atoms with van der Waals surface area (Å²) < 4.78 is 4.89. The van der Waals surface area contributed by atoms with E-state index >= 15 is 0 Å². The Morgan fingerprint density at radius 3 is 2.79 bits per heavy atom. The molecule has 19 heavy (non-hydrogen) atoms. The molecule has 0 radical (unpaired) electrons. The van der Waals surface area contributed by atoms with E-state index in [1.165, 1.54) is 6.42 Å². The van der Waals surface area contributed by atoms with E-state index in [1.54, 1.807) is 7.11 Å². The summed E-state index contributed by atoms with van der Waals surface area (Å²) in [7, 11) is 1.64. The predicted molar refractivity (Wildman–Crippen MR) is 71.2 cm³/mol. The molecule has 0 atom stereocenters.